The van der Waals surface area contributed by atoms with Gasteiger partial charge in [0.25, 0.3) is 0 Å². The largest absolute Gasteiger partial charge is 0.291 e. The second-order valence-corrected chi connectivity index (χ2v) is 3.45. The van der Waals surface area contributed by atoms with Crippen LogP contribution >= 0.6 is 11.8 Å². The van der Waals surface area contributed by atoms with Crippen LogP contribution in [0.15, 0.2) is 65.8 Å². The van der Waals surface area contributed by atoms with Crippen LogP contribution in [0.4, 0.5) is 0 Å². The van der Waals surface area contributed by atoms with E-state index >= 15 is 0 Å². The molecule has 15 heavy (non-hydrogen) atoms. The number of hydrogen-bond donors (Lipinski definition) is 0. The minimum atomic E-state index is 0.829. The monoisotopic (exact) mass is 217 g/mol. The lowest BCUT2D eigenvalue weighted by Crippen LogP contribution is -1.66. The van der Waals surface area contributed by atoms with Crippen LogP contribution in [0.1, 0.15) is 0 Å². The Kier molecular flexibility index (Phi) is 5.93. The first kappa shape index (κ1) is 11.5. The van der Waals surface area contributed by atoms with E-state index in [9.17, 15) is 4.79 Å². The van der Waals surface area contributed by atoms with E-state index in [2.05, 4.69) is 4.98 Å². The molecule has 0 saturated heterocycles. The fraction of sp³-hybridized carbons (Fsp3) is 0. The maximum absolute atomic E-state index is 9.94. The zero-order chi connectivity index (χ0) is 10.8. The summed E-state index contributed by atoms with van der Waals surface area (Å²) in [6, 6.07) is 15.3. The Labute approximate surface area is 93.4 Å². The van der Waals surface area contributed by atoms with Crippen LogP contribution in [0, 0.1) is 0 Å². The van der Waals surface area contributed by atoms with Gasteiger partial charge in [-0.25, -0.2) is 0 Å². The van der Waals surface area contributed by atoms with Crippen LogP contribution in [0.25, 0.3) is 0 Å². The Morgan fingerprint density at radius 1 is 0.933 bits per heavy atom. The fourth-order valence-corrected chi connectivity index (χ4v) is 1.29. The highest BCUT2D eigenvalue weighted by Crippen LogP contribution is 2.12. The van der Waals surface area contributed by atoms with Crippen molar-refractivity contribution in [3.05, 3.63) is 60.9 Å². The van der Waals surface area contributed by atoms with E-state index < -0.39 is 0 Å². The van der Waals surface area contributed by atoms with Crippen molar-refractivity contribution in [2.75, 3.05) is 0 Å². The number of benzene rings is 1. The first-order valence-electron chi connectivity index (χ1n) is 4.44. The van der Waals surface area contributed by atoms with Gasteiger partial charge in [-0.15, -0.1) is 0 Å². The van der Waals surface area contributed by atoms with Crippen molar-refractivity contribution in [1.29, 1.82) is 0 Å². The summed E-state index contributed by atoms with van der Waals surface area (Å²) in [5.41, 5.74) is 0.829. The van der Waals surface area contributed by atoms with Crippen molar-refractivity contribution in [2.45, 2.75) is 4.90 Å². The van der Waals surface area contributed by atoms with Gasteiger partial charge < -0.3 is 0 Å². The molecule has 2 rings (SSSR count). The molecular weight excluding hydrogens is 206 g/mol. The summed E-state index contributed by atoms with van der Waals surface area (Å²) in [4.78, 5) is 14.7. The molecule has 0 aliphatic rings. The van der Waals surface area contributed by atoms with E-state index in [4.69, 9.17) is 0 Å². The summed E-state index contributed by atoms with van der Waals surface area (Å²) in [6.45, 7) is 0. The topological polar surface area (TPSA) is 30.0 Å². The Balaban J connectivity index is 0.000000162. The average molecular weight is 217 g/mol. The Hall–Kier alpha value is -1.61. The maximum Gasteiger partial charge on any atom is 0.180 e. The van der Waals surface area contributed by atoms with Gasteiger partial charge in [0.1, 0.15) is 0 Å². The zero-order valence-electron chi connectivity index (χ0n) is 8.11. The van der Waals surface area contributed by atoms with Gasteiger partial charge in [-0.1, -0.05) is 36.0 Å². The normalized spacial score (nSPS) is 8.53. The molecule has 0 unspecified atom stereocenters. The molecule has 2 aromatic rings. The molecule has 0 saturated carbocycles. The lowest BCUT2D eigenvalue weighted by Gasteiger charge is -1.88. The minimum absolute atomic E-state index is 0.829. The third-order valence-corrected chi connectivity index (χ3v) is 2.13. The summed E-state index contributed by atoms with van der Waals surface area (Å²) >= 11 is 1.19. The number of thioether (sulfide) groups is 1. The van der Waals surface area contributed by atoms with Crippen LogP contribution in [-0.2, 0) is 4.79 Å². The summed E-state index contributed by atoms with van der Waals surface area (Å²) in [6.07, 6.45) is 3.50. The predicted molar refractivity (Wildman–Crippen MR) is 63.3 cm³/mol. The van der Waals surface area contributed by atoms with Crippen LogP contribution in [0.5, 0.6) is 0 Å². The highest BCUT2D eigenvalue weighted by molar-refractivity contribution is 8.11. The van der Waals surface area contributed by atoms with Gasteiger partial charge in [0.15, 0.2) is 5.62 Å². The van der Waals surface area contributed by atoms with Crippen molar-refractivity contribution in [3.63, 3.8) is 0 Å². The number of carbonyl (C=O) groups excluding carboxylic acids is 1. The quantitative estimate of drug-likeness (QED) is 0.572. The first-order chi connectivity index (χ1) is 7.43. The molecule has 76 valence electrons. The second kappa shape index (κ2) is 7.76. The molecule has 3 heteroatoms. The number of hydrogen-bond acceptors (Lipinski definition) is 3. The molecule has 1 aromatic heterocycles. The standard InChI is InChI=1S/C7H6OS.C5H5N/c8-6-9-7-4-2-1-3-5-7;1-2-4-6-5-3-1/h1-6H;1-5H. The SMILES string of the molecule is O=CSc1ccccc1.c1ccncc1. The van der Waals surface area contributed by atoms with E-state index in [0.29, 0.717) is 0 Å². The van der Waals surface area contributed by atoms with Crippen molar-refractivity contribution >= 4 is 17.4 Å². The number of nitrogens with zero attached hydrogens (tertiary/aromatic N) is 1. The van der Waals surface area contributed by atoms with Gasteiger partial charge in [-0.05, 0) is 24.3 Å². The molecule has 0 N–H and O–H groups in total. The van der Waals surface area contributed by atoms with Crippen LogP contribution in [0.2, 0.25) is 0 Å². The molecule has 1 heterocycles. The van der Waals surface area contributed by atoms with Gasteiger partial charge in [0.05, 0.1) is 0 Å². The number of aromatic nitrogens is 1. The maximum atomic E-state index is 9.94. The molecule has 0 atom stereocenters. The average Bonchev–Trinajstić information content (AvgIpc) is 2.34. The third kappa shape index (κ3) is 5.65. The van der Waals surface area contributed by atoms with Crippen molar-refractivity contribution in [2.24, 2.45) is 0 Å². The highest BCUT2D eigenvalue weighted by Gasteiger charge is 1.85. The molecular formula is C12H11NOS. The molecule has 0 aliphatic carbocycles. The van der Waals surface area contributed by atoms with E-state index in [0.717, 1.165) is 10.5 Å². The van der Waals surface area contributed by atoms with E-state index in [1.807, 2.05) is 48.5 Å². The second-order valence-electron chi connectivity index (χ2n) is 2.55. The molecule has 0 aliphatic heterocycles. The smallest absolute Gasteiger partial charge is 0.180 e. The Morgan fingerprint density at radius 3 is 1.93 bits per heavy atom. The number of carbonyl (C=O) groups is 1. The summed E-state index contributed by atoms with van der Waals surface area (Å²) in [5.74, 6) is 0. The van der Waals surface area contributed by atoms with Gasteiger partial charge in [0.2, 0.25) is 0 Å². The first-order valence-corrected chi connectivity index (χ1v) is 5.32. The van der Waals surface area contributed by atoms with Gasteiger partial charge in [0, 0.05) is 17.3 Å². The van der Waals surface area contributed by atoms with Gasteiger partial charge in [-0.2, -0.15) is 0 Å². The zero-order valence-corrected chi connectivity index (χ0v) is 8.93. The molecule has 0 spiro atoms. The van der Waals surface area contributed by atoms with Crippen LogP contribution in [0.3, 0.4) is 0 Å². The van der Waals surface area contributed by atoms with Crippen molar-refractivity contribution in [3.8, 4) is 0 Å². The molecule has 0 bridgehead atoms. The number of pyridine rings is 1. The molecule has 2 nitrogen and oxygen atoms in total. The highest BCUT2D eigenvalue weighted by atomic mass is 32.2. The van der Waals surface area contributed by atoms with Gasteiger partial charge in [-0.3, -0.25) is 9.78 Å². The summed E-state index contributed by atoms with van der Waals surface area (Å²) < 4.78 is 0. The Morgan fingerprint density at radius 2 is 1.53 bits per heavy atom. The third-order valence-electron chi connectivity index (χ3n) is 1.49. The predicted octanol–water partition coefficient (Wildman–Crippen LogP) is 3.05. The van der Waals surface area contributed by atoms with Crippen molar-refractivity contribution in [1.82, 2.24) is 4.98 Å². The lowest BCUT2D eigenvalue weighted by atomic mass is 10.4. The molecule has 0 radical (unpaired) electrons. The van der Waals surface area contributed by atoms with Crippen molar-refractivity contribution < 1.29 is 4.79 Å². The molecule has 0 fully saturated rings. The summed E-state index contributed by atoms with van der Waals surface area (Å²) in [7, 11) is 0. The molecule has 0 amide bonds. The molecule has 1 aromatic carbocycles. The fourth-order valence-electron chi connectivity index (χ4n) is 0.867. The van der Waals surface area contributed by atoms with E-state index in [1.54, 1.807) is 12.4 Å². The van der Waals surface area contributed by atoms with E-state index in [1.165, 1.54) is 11.8 Å². The van der Waals surface area contributed by atoms with Crippen LogP contribution in [-0.4, -0.2) is 10.6 Å². The van der Waals surface area contributed by atoms with Gasteiger partial charge >= 0.3 is 0 Å². The van der Waals surface area contributed by atoms with E-state index in [-0.39, 0.29) is 0 Å². The van der Waals surface area contributed by atoms with Crippen LogP contribution < -0.4 is 0 Å². The minimum Gasteiger partial charge on any atom is -0.291 e. The number of rotatable bonds is 2. The lowest BCUT2D eigenvalue weighted by molar-refractivity contribution is 0.570. The summed E-state index contributed by atoms with van der Waals surface area (Å²) in [5, 5.41) is 0. The Bertz CT molecular complexity index is 337.